The third kappa shape index (κ3) is 1.75. The van der Waals surface area contributed by atoms with Crippen LogP contribution in [0.15, 0.2) is 6.20 Å². The number of hydrogen-bond donors (Lipinski definition) is 0. The van der Waals surface area contributed by atoms with E-state index in [0.717, 1.165) is 37.8 Å². The largest absolute Gasteiger partial charge is 0.340 e. The molecule has 0 unspecified atom stereocenters. The molecule has 0 amide bonds. The SMILES string of the molecule is Cc1cn(C)c(N2CCN(C)CC2)n1. The number of hydrogen-bond acceptors (Lipinski definition) is 3. The average Bonchev–Trinajstić information content (AvgIpc) is 2.47. The van der Waals surface area contributed by atoms with Gasteiger partial charge in [-0.05, 0) is 14.0 Å². The van der Waals surface area contributed by atoms with Crippen LogP contribution in [-0.4, -0.2) is 47.7 Å². The van der Waals surface area contributed by atoms with Crippen LogP contribution in [0.4, 0.5) is 5.95 Å². The van der Waals surface area contributed by atoms with Crippen LogP contribution in [0.3, 0.4) is 0 Å². The molecule has 1 aromatic heterocycles. The van der Waals surface area contributed by atoms with Crippen LogP contribution in [0.5, 0.6) is 0 Å². The van der Waals surface area contributed by atoms with E-state index >= 15 is 0 Å². The van der Waals surface area contributed by atoms with Gasteiger partial charge in [-0.25, -0.2) is 4.98 Å². The van der Waals surface area contributed by atoms with Gasteiger partial charge in [-0.1, -0.05) is 0 Å². The molecule has 14 heavy (non-hydrogen) atoms. The van der Waals surface area contributed by atoms with Gasteiger partial charge in [0.25, 0.3) is 0 Å². The summed E-state index contributed by atoms with van der Waals surface area (Å²) >= 11 is 0. The predicted molar refractivity (Wildman–Crippen MR) is 57.7 cm³/mol. The lowest BCUT2D eigenvalue weighted by atomic mass is 10.3. The maximum Gasteiger partial charge on any atom is 0.205 e. The molecule has 2 rings (SSSR count). The first-order valence-electron chi connectivity index (χ1n) is 5.10. The first-order valence-corrected chi connectivity index (χ1v) is 5.10. The minimum atomic E-state index is 1.08. The minimum absolute atomic E-state index is 1.08. The van der Waals surface area contributed by atoms with E-state index in [4.69, 9.17) is 0 Å². The fourth-order valence-corrected chi connectivity index (χ4v) is 1.90. The molecule has 0 N–H and O–H groups in total. The van der Waals surface area contributed by atoms with Crippen molar-refractivity contribution in [2.75, 3.05) is 38.1 Å². The van der Waals surface area contributed by atoms with Crippen molar-refractivity contribution in [3.05, 3.63) is 11.9 Å². The molecule has 0 bridgehead atoms. The summed E-state index contributed by atoms with van der Waals surface area (Å²) in [6.45, 7) is 6.47. The van der Waals surface area contributed by atoms with Crippen LogP contribution >= 0.6 is 0 Å². The number of aromatic nitrogens is 2. The Morgan fingerprint density at radius 1 is 1.14 bits per heavy atom. The summed E-state index contributed by atoms with van der Waals surface area (Å²) in [6, 6.07) is 0. The van der Waals surface area contributed by atoms with E-state index in [9.17, 15) is 0 Å². The second-order valence-corrected chi connectivity index (χ2v) is 4.08. The Morgan fingerprint density at radius 3 is 2.29 bits per heavy atom. The van der Waals surface area contributed by atoms with Crippen LogP contribution < -0.4 is 4.90 Å². The Balaban J connectivity index is 2.11. The second kappa shape index (κ2) is 3.61. The van der Waals surface area contributed by atoms with E-state index in [0.29, 0.717) is 0 Å². The highest BCUT2D eigenvalue weighted by Crippen LogP contribution is 2.14. The van der Waals surface area contributed by atoms with Crippen molar-refractivity contribution in [2.24, 2.45) is 7.05 Å². The van der Waals surface area contributed by atoms with E-state index in [2.05, 4.69) is 39.6 Å². The molecule has 1 aliphatic heterocycles. The molecule has 0 aliphatic carbocycles. The molecule has 1 aromatic rings. The third-order valence-electron chi connectivity index (χ3n) is 2.76. The van der Waals surface area contributed by atoms with Crippen LogP contribution in [0.1, 0.15) is 5.69 Å². The normalized spacial score (nSPS) is 18.9. The van der Waals surface area contributed by atoms with Crippen molar-refractivity contribution in [3.8, 4) is 0 Å². The van der Waals surface area contributed by atoms with E-state index in [1.165, 1.54) is 0 Å². The molecule has 0 radical (unpaired) electrons. The van der Waals surface area contributed by atoms with Gasteiger partial charge in [-0.2, -0.15) is 0 Å². The molecule has 0 atom stereocenters. The van der Waals surface area contributed by atoms with Crippen molar-refractivity contribution >= 4 is 5.95 Å². The Bertz CT molecular complexity index is 310. The summed E-state index contributed by atoms with van der Waals surface area (Å²) < 4.78 is 2.11. The lowest BCUT2D eigenvalue weighted by molar-refractivity contribution is 0.310. The fraction of sp³-hybridized carbons (Fsp3) is 0.700. The van der Waals surface area contributed by atoms with Gasteiger partial charge in [-0.15, -0.1) is 0 Å². The van der Waals surface area contributed by atoms with E-state index in [1.54, 1.807) is 0 Å². The predicted octanol–water partition coefficient (Wildman–Crippen LogP) is 0.480. The van der Waals surface area contributed by atoms with Gasteiger partial charge >= 0.3 is 0 Å². The standard InChI is InChI=1S/C10H18N4/c1-9-8-13(3)10(11-9)14-6-4-12(2)5-7-14/h8H,4-7H2,1-3H3. The molecule has 2 heterocycles. The van der Waals surface area contributed by atoms with Crippen LogP contribution in [0.25, 0.3) is 0 Å². The lowest BCUT2D eigenvalue weighted by Gasteiger charge is -2.32. The average molecular weight is 194 g/mol. The molecule has 1 saturated heterocycles. The number of aryl methyl sites for hydroxylation is 2. The lowest BCUT2D eigenvalue weighted by Crippen LogP contribution is -2.45. The van der Waals surface area contributed by atoms with Gasteiger partial charge in [0.1, 0.15) is 0 Å². The smallest absolute Gasteiger partial charge is 0.205 e. The molecule has 0 aromatic carbocycles. The fourth-order valence-electron chi connectivity index (χ4n) is 1.90. The molecule has 78 valence electrons. The van der Waals surface area contributed by atoms with Gasteiger partial charge < -0.3 is 14.4 Å². The van der Waals surface area contributed by atoms with Crippen LogP contribution in [0.2, 0.25) is 0 Å². The molecule has 4 nitrogen and oxygen atoms in total. The van der Waals surface area contributed by atoms with E-state index < -0.39 is 0 Å². The molecule has 0 saturated carbocycles. The Morgan fingerprint density at radius 2 is 1.79 bits per heavy atom. The van der Waals surface area contributed by atoms with Gasteiger partial charge in [0, 0.05) is 39.4 Å². The Hall–Kier alpha value is -1.03. The summed E-state index contributed by atoms with van der Waals surface area (Å²) in [4.78, 5) is 9.24. The van der Waals surface area contributed by atoms with E-state index in [1.807, 2.05) is 6.92 Å². The van der Waals surface area contributed by atoms with Crippen molar-refractivity contribution in [2.45, 2.75) is 6.92 Å². The van der Waals surface area contributed by atoms with E-state index in [-0.39, 0.29) is 0 Å². The Kier molecular flexibility index (Phi) is 2.46. The highest BCUT2D eigenvalue weighted by atomic mass is 15.3. The second-order valence-electron chi connectivity index (χ2n) is 4.08. The third-order valence-corrected chi connectivity index (χ3v) is 2.76. The molecule has 0 spiro atoms. The van der Waals surface area contributed by atoms with Crippen molar-refractivity contribution < 1.29 is 0 Å². The highest BCUT2D eigenvalue weighted by Gasteiger charge is 2.17. The minimum Gasteiger partial charge on any atom is -0.340 e. The summed E-state index contributed by atoms with van der Waals surface area (Å²) in [6.07, 6.45) is 2.08. The first kappa shape index (κ1) is 9.52. The van der Waals surface area contributed by atoms with Crippen molar-refractivity contribution in [3.63, 3.8) is 0 Å². The zero-order valence-electron chi connectivity index (χ0n) is 9.19. The van der Waals surface area contributed by atoms with Crippen LogP contribution in [0, 0.1) is 6.92 Å². The number of rotatable bonds is 1. The maximum absolute atomic E-state index is 4.53. The summed E-state index contributed by atoms with van der Waals surface area (Å²) in [7, 11) is 4.23. The van der Waals surface area contributed by atoms with Crippen molar-refractivity contribution in [1.29, 1.82) is 0 Å². The van der Waals surface area contributed by atoms with Crippen molar-refractivity contribution in [1.82, 2.24) is 14.5 Å². The summed E-state index contributed by atoms with van der Waals surface area (Å²) in [5.41, 5.74) is 1.10. The number of nitrogens with zero attached hydrogens (tertiary/aromatic N) is 4. The zero-order valence-corrected chi connectivity index (χ0v) is 9.19. The van der Waals surface area contributed by atoms with Gasteiger partial charge in [0.2, 0.25) is 5.95 Å². The Labute approximate surface area is 85.1 Å². The first-order chi connectivity index (χ1) is 6.66. The molecule has 1 aliphatic rings. The number of imidazole rings is 1. The molecular weight excluding hydrogens is 176 g/mol. The number of anilines is 1. The summed E-state index contributed by atoms with van der Waals surface area (Å²) in [5, 5.41) is 0. The molecular formula is C10H18N4. The highest BCUT2D eigenvalue weighted by molar-refractivity contribution is 5.33. The monoisotopic (exact) mass is 194 g/mol. The van der Waals surface area contributed by atoms with Gasteiger partial charge in [0.15, 0.2) is 0 Å². The maximum atomic E-state index is 4.53. The van der Waals surface area contributed by atoms with Gasteiger partial charge in [0.05, 0.1) is 5.69 Å². The summed E-state index contributed by atoms with van der Waals surface area (Å²) in [5.74, 6) is 1.11. The van der Waals surface area contributed by atoms with Gasteiger partial charge in [-0.3, -0.25) is 0 Å². The number of likely N-dealkylation sites (N-methyl/N-ethyl adjacent to an activating group) is 1. The topological polar surface area (TPSA) is 24.3 Å². The molecule has 4 heteroatoms. The zero-order chi connectivity index (χ0) is 10.1. The molecule has 1 fully saturated rings. The van der Waals surface area contributed by atoms with Crippen LogP contribution in [-0.2, 0) is 7.05 Å². The quantitative estimate of drug-likeness (QED) is 0.650. The number of piperazine rings is 1.